The molecule has 0 bridgehead atoms. The van der Waals surface area contributed by atoms with Crippen LogP contribution in [-0.2, 0) is 9.59 Å². The van der Waals surface area contributed by atoms with Crippen LogP contribution in [0.25, 0.3) is 0 Å². The Kier molecular flexibility index (Phi) is 27.0. The number of hydrogen-bond donors (Lipinski definition) is 5. The van der Waals surface area contributed by atoms with Crippen molar-refractivity contribution in [2.45, 2.75) is 160 Å². The molecule has 8 N–H and O–H groups in total. The summed E-state index contributed by atoms with van der Waals surface area (Å²) in [4.78, 5) is 24.1. The van der Waals surface area contributed by atoms with Gasteiger partial charge in [-0.05, 0) is 45.1 Å². The van der Waals surface area contributed by atoms with Crippen molar-refractivity contribution in [1.29, 1.82) is 0 Å². The van der Waals surface area contributed by atoms with Crippen LogP contribution in [0.5, 0.6) is 0 Å². The molecule has 0 aliphatic carbocycles. The van der Waals surface area contributed by atoms with Gasteiger partial charge in [0.25, 0.3) is 0 Å². The van der Waals surface area contributed by atoms with Crippen LogP contribution < -0.4 is 27.8 Å². The van der Waals surface area contributed by atoms with E-state index in [0.29, 0.717) is 32.5 Å². The van der Waals surface area contributed by atoms with E-state index in [1.165, 1.54) is 96.3 Å². The molecule has 0 fully saturated rings. The van der Waals surface area contributed by atoms with Crippen molar-refractivity contribution in [2.75, 3.05) is 19.6 Å². The van der Waals surface area contributed by atoms with Crippen LogP contribution in [0.15, 0.2) is 0 Å². The third-order valence-corrected chi connectivity index (χ3v) is 7.21. The average molecular weight is 526 g/mol. The molecular formula is C30H63N5O2. The Bertz CT molecular complexity index is 518. The number of nitrogens with one attached hydrogen (secondary N) is 2. The third-order valence-electron chi connectivity index (χ3n) is 7.21. The Morgan fingerprint density at radius 1 is 0.514 bits per heavy atom. The fraction of sp³-hybridized carbons (Fsp3) is 0.933. The molecule has 0 aromatic rings. The summed E-state index contributed by atoms with van der Waals surface area (Å²) in [5, 5.41) is 5.83. The molecule has 2 atom stereocenters. The van der Waals surface area contributed by atoms with Crippen molar-refractivity contribution in [2.24, 2.45) is 17.2 Å². The van der Waals surface area contributed by atoms with Crippen LogP contribution in [0.2, 0.25) is 0 Å². The third kappa shape index (κ3) is 24.9. The molecular weight excluding hydrogens is 462 g/mol. The van der Waals surface area contributed by atoms with Crippen LogP contribution >= 0.6 is 0 Å². The number of amides is 2. The largest absolute Gasteiger partial charge is 0.355 e. The van der Waals surface area contributed by atoms with Gasteiger partial charge < -0.3 is 27.8 Å². The second-order valence-corrected chi connectivity index (χ2v) is 10.9. The van der Waals surface area contributed by atoms with E-state index < -0.39 is 12.1 Å². The summed E-state index contributed by atoms with van der Waals surface area (Å²) in [6.45, 7) is 4.18. The molecule has 7 nitrogen and oxygen atoms in total. The highest BCUT2D eigenvalue weighted by molar-refractivity contribution is 5.81. The summed E-state index contributed by atoms with van der Waals surface area (Å²) >= 11 is 0. The quantitative estimate of drug-likeness (QED) is 0.0867. The van der Waals surface area contributed by atoms with Crippen molar-refractivity contribution in [1.82, 2.24) is 10.6 Å². The van der Waals surface area contributed by atoms with E-state index in [1.807, 2.05) is 0 Å². The molecule has 0 aromatic carbocycles. The second-order valence-electron chi connectivity index (χ2n) is 10.9. The van der Waals surface area contributed by atoms with Crippen molar-refractivity contribution in [3.05, 3.63) is 0 Å². The van der Waals surface area contributed by atoms with E-state index in [2.05, 4.69) is 17.6 Å². The zero-order chi connectivity index (χ0) is 27.4. The average Bonchev–Trinajstić information content (AvgIpc) is 2.89. The summed E-state index contributed by atoms with van der Waals surface area (Å²) in [7, 11) is 0. The molecule has 220 valence electrons. The standard InChI is InChI=1S/C30H63N5O2/c1-2-3-4-5-6-7-8-9-10-11-12-13-14-15-16-20-25-34-30(37)28(33)23-18-21-26-35-29(36)27(32)22-17-19-24-31/h27-28H,2-26,31-33H2,1H3,(H,34,37)(H,35,36)/t27-,28-/m0/s1. The van der Waals surface area contributed by atoms with Gasteiger partial charge in [0.2, 0.25) is 11.8 Å². The molecule has 0 radical (unpaired) electrons. The summed E-state index contributed by atoms with van der Waals surface area (Å²) in [5.41, 5.74) is 17.3. The van der Waals surface area contributed by atoms with Crippen molar-refractivity contribution in [3.63, 3.8) is 0 Å². The Morgan fingerprint density at radius 3 is 1.22 bits per heavy atom. The summed E-state index contributed by atoms with van der Waals surface area (Å²) in [6, 6.07) is -0.945. The first-order chi connectivity index (χ1) is 18.0. The number of carbonyl (C=O) groups is 2. The SMILES string of the molecule is CCCCCCCCCCCCCCCCCCNC(=O)[C@@H](N)CCCCNC(=O)[C@@H](N)CCCCN. The molecule has 0 rings (SSSR count). The number of carbonyl (C=O) groups excluding carboxylic acids is 2. The first kappa shape index (κ1) is 35.8. The molecule has 0 heterocycles. The Hall–Kier alpha value is -1.18. The van der Waals surface area contributed by atoms with Crippen molar-refractivity contribution >= 4 is 11.8 Å². The maximum atomic E-state index is 12.2. The molecule has 2 amide bonds. The van der Waals surface area contributed by atoms with E-state index in [0.717, 1.165) is 32.1 Å². The zero-order valence-electron chi connectivity index (χ0n) is 24.4. The van der Waals surface area contributed by atoms with Gasteiger partial charge in [-0.15, -0.1) is 0 Å². The smallest absolute Gasteiger partial charge is 0.236 e. The van der Waals surface area contributed by atoms with Gasteiger partial charge in [0.1, 0.15) is 0 Å². The van der Waals surface area contributed by atoms with Gasteiger partial charge in [0.15, 0.2) is 0 Å². The Labute approximate surface area is 229 Å². The van der Waals surface area contributed by atoms with E-state index in [-0.39, 0.29) is 11.8 Å². The predicted molar refractivity (Wildman–Crippen MR) is 158 cm³/mol. The summed E-state index contributed by atoms with van der Waals surface area (Å²) in [5.74, 6) is -0.176. The predicted octanol–water partition coefficient (Wildman–Crippen LogP) is 5.43. The fourth-order valence-corrected chi connectivity index (χ4v) is 4.62. The minimum atomic E-state index is -0.477. The number of nitrogens with two attached hydrogens (primary N) is 3. The lowest BCUT2D eigenvalue weighted by Gasteiger charge is -2.13. The summed E-state index contributed by atoms with van der Waals surface area (Å²) < 4.78 is 0. The van der Waals surface area contributed by atoms with E-state index in [9.17, 15) is 9.59 Å². The highest BCUT2D eigenvalue weighted by Crippen LogP contribution is 2.13. The Morgan fingerprint density at radius 2 is 0.838 bits per heavy atom. The molecule has 0 aliphatic rings. The highest BCUT2D eigenvalue weighted by Gasteiger charge is 2.14. The number of hydrogen-bond acceptors (Lipinski definition) is 5. The van der Waals surface area contributed by atoms with E-state index in [1.54, 1.807) is 0 Å². The lowest BCUT2D eigenvalue weighted by Crippen LogP contribution is -2.42. The normalized spacial score (nSPS) is 12.9. The number of unbranched alkanes of at least 4 members (excludes halogenated alkanes) is 17. The molecule has 7 heteroatoms. The first-order valence-corrected chi connectivity index (χ1v) is 15.8. The topological polar surface area (TPSA) is 136 Å². The molecule has 0 aliphatic heterocycles. The van der Waals surface area contributed by atoms with E-state index >= 15 is 0 Å². The van der Waals surface area contributed by atoms with Gasteiger partial charge in [0, 0.05) is 13.1 Å². The molecule has 0 saturated heterocycles. The van der Waals surface area contributed by atoms with Crippen molar-refractivity contribution < 1.29 is 9.59 Å². The van der Waals surface area contributed by atoms with Gasteiger partial charge in [-0.2, -0.15) is 0 Å². The maximum Gasteiger partial charge on any atom is 0.236 e. The van der Waals surface area contributed by atoms with Crippen LogP contribution in [-0.4, -0.2) is 43.5 Å². The molecule has 37 heavy (non-hydrogen) atoms. The zero-order valence-corrected chi connectivity index (χ0v) is 24.4. The minimum Gasteiger partial charge on any atom is -0.355 e. The van der Waals surface area contributed by atoms with Crippen molar-refractivity contribution in [3.8, 4) is 0 Å². The van der Waals surface area contributed by atoms with Crippen LogP contribution in [0.4, 0.5) is 0 Å². The lowest BCUT2D eigenvalue weighted by atomic mass is 10.0. The van der Waals surface area contributed by atoms with Gasteiger partial charge in [-0.3, -0.25) is 9.59 Å². The molecule has 0 aromatic heterocycles. The van der Waals surface area contributed by atoms with Gasteiger partial charge in [0.05, 0.1) is 12.1 Å². The lowest BCUT2D eigenvalue weighted by molar-refractivity contribution is -0.123. The molecule has 0 spiro atoms. The molecule has 0 saturated carbocycles. The van der Waals surface area contributed by atoms with Gasteiger partial charge in [-0.25, -0.2) is 0 Å². The van der Waals surface area contributed by atoms with Crippen LogP contribution in [0, 0.1) is 0 Å². The highest BCUT2D eigenvalue weighted by atomic mass is 16.2. The van der Waals surface area contributed by atoms with Crippen LogP contribution in [0.1, 0.15) is 148 Å². The first-order valence-electron chi connectivity index (χ1n) is 15.8. The second kappa shape index (κ2) is 27.8. The van der Waals surface area contributed by atoms with Gasteiger partial charge in [-0.1, -0.05) is 110 Å². The summed E-state index contributed by atoms with van der Waals surface area (Å²) in [6.07, 6.45) is 26.2. The fourth-order valence-electron chi connectivity index (χ4n) is 4.62. The van der Waals surface area contributed by atoms with Gasteiger partial charge >= 0.3 is 0 Å². The number of rotatable bonds is 28. The minimum absolute atomic E-state index is 0.0630. The Balaban J connectivity index is 3.42. The monoisotopic (exact) mass is 525 g/mol. The maximum absolute atomic E-state index is 12.2. The molecule has 0 unspecified atom stereocenters. The van der Waals surface area contributed by atoms with Crippen LogP contribution in [0.3, 0.4) is 0 Å². The van der Waals surface area contributed by atoms with E-state index in [4.69, 9.17) is 17.2 Å².